The first-order chi connectivity index (χ1) is 12.9. The van der Waals surface area contributed by atoms with E-state index < -0.39 is 6.43 Å². The summed E-state index contributed by atoms with van der Waals surface area (Å²) in [6.07, 6.45) is 2.54. The maximum Gasteiger partial charge on any atom is 0.282 e. The highest BCUT2D eigenvalue weighted by Gasteiger charge is 2.17. The Hall–Kier alpha value is -2.81. The molecule has 0 aliphatic heterocycles. The molecule has 0 aliphatic carbocycles. The summed E-state index contributed by atoms with van der Waals surface area (Å²) in [5.41, 5.74) is 2.57. The van der Waals surface area contributed by atoms with Crippen LogP contribution in [0.1, 0.15) is 23.4 Å². The molecule has 27 heavy (non-hydrogen) atoms. The van der Waals surface area contributed by atoms with Gasteiger partial charge in [-0.1, -0.05) is 6.58 Å². The highest BCUT2D eigenvalue weighted by atomic mass is 32.2. The number of imidazole rings is 1. The van der Waals surface area contributed by atoms with Crippen molar-refractivity contribution >= 4 is 23.1 Å². The van der Waals surface area contributed by atoms with Gasteiger partial charge < -0.3 is 9.47 Å². The number of nitrogens with zero attached hydrogens (tertiary/aromatic N) is 6. The first-order valence-corrected chi connectivity index (χ1v) is 8.85. The summed E-state index contributed by atoms with van der Waals surface area (Å²) in [5, 5.41) is 8.66. The zero-order valence-electron chi connectivity index (χ0n) is 15.1. The molecule has 0 aliphatic rings. The average Bonchev–Trinajstić information content (AvgIpc) is 3.01. The van der Waals surface area contributed by atoms with E-state index in [1.807, 2.05) is 35.7 Å². The summed E-state index contributed by atoms with van der Waals surface area (Å²) in [4.78, 5) is 10.4. The Morgan fingerprint density at radius 1 is 1.30 bits per heavy atom. The second-order valence-corrected chi connectivity index (χ2v) is 6.84. The lowest BCUT2D eigenvalue weighted by atomic mass is 10.2. The van der Waals surface area contributed by atoms with Crippen LogP contribution >= 0.6 is 11.8 Å². The van der Waals surface area contributed by atoms with Gasteiger partial charge in [-0.15, -0.1) is 10.2 Å². The van der Waals surface area contributed by atoms with Gasteiger partial charge in [-0.3, -0.25) is 4.98 Å². The number of alkyl halides is 2. The molecule has 0 fully saturated rings. The van der Waals surface area contributed by atoms with Crippen molar-refractivity contribution in [1.82, 2.24) is 24.7 Å². The third-order valence-electron chi connectivity index (χ3n) is 4.08. The van der Waals surface area contributed by atoms with Crippen LogP contribution in [0.2, 0.25) is 0 Å². The van der Waals surface area contributed by atoms with Crippen LogP contribution in [-0.4, -0.2) is 31.8 Å². The van der Waals surface area contributed by atoms with Gasteiger partial charge >= 0.3 is 0 Å². The van der Waals surface area contributed by atoms with Gasteiger partial charge in [-0.05, 0) is 42.4 Å². The molecule has 0 N–H and O–H groups in total. The van der Waals surface area contributed by atoms with Gasteiger partial charge in [0.1, 0.15) is 10.7 Å². The highest BCUT2D eigenvalue weighted by molar-refractivity contribution is 7.99. The van der Waals surface area contributed by atoms with Gasteiger partial charge in [0.2, 0.25) is 0 Å². The first kappa shape index (κ1) is 19.0. The molecule has 140 valence electrons. The number of rotatable bonds is 6. The van der Waals surface area contributed by atoms with E-state index in [4.69, 9.17) is 0 Å². The zero-order valence-corrected chi connectivity index (χ0v) is 15.9. The minimum Gasteiger partial charge on any atom is -0.342 e. The van der Waals surface area contributed by atoms with E-state index in [0.29, 0.717) is 15.7 Å². The van der Waals surface area contributed by atoms with Crippen LogP contribution in [0.4, 0.5) is 14.5 Å². The monoisotopic (exact) mass is 388 g/mol. The second-order valence-electron chi connectivity index (χ2n) is 5.86. The molecule has 3 heterocycles. The van der Waals surface area contributed by atoms with Crippen LogP contribution < -0.4 is 4.90 Å². The normalized spacial score (nSPS) is 11.0. The molecule has 0 radical (unpaired) electrons. The van der Waals surface area contributed by atoms with Gasteiger partial charge in [-0.2, -0.15) is 0 Å². The Bertz CT molecular complexity index is 958. The summed E-state index contributed by atoms with van der Waals surface area (Å²) in [6.45, 7) is 5.74. The average molecular weight is 388 g/mol. The fourth-order valence-corrected chi connectivity index (χ4v) is 3.31. The van der Waals surface area contributed by atoms with E-state index in [2.05, 4.69) is 26.7 Å². The minimum atomic E-state index is -2.64. The third-order valence-corrected chi connectivity index (χ3v) is 5.05. The van der Waals surface area contributed by atoms with Crippen molar-refractivity contribution < 1.29 is 8.78 Å². The van der Waals surface area contributed by atoms with Gasteiger partial charge in [-0.25, -0.2) is 13.8 Å². The lowest BCUT2D eigenvalue weighted by Gasteiger charge is -2.21. The van der Waals surface area contributed by atoms with Crippen molar-refractivity contribution in [2.75, 3.05) is 11.9 Å². The third kappa shape index (κ3) is 3.97. The van der Waals surface area contributed by atoms with Gasteiger partial charge in [0.05, 0.1) is 29.5 Å². The van der Waals surface area contributed by atoms with Gasteiger partial charge in [0, 0.05) is 20.3 Å². The molecule has 0 bridgehead atoms. The molecule has 0 spiro atoms. The van der Waals surface area contributed by atoms with Crippen molar-refractivity contribution in [3.63, 3.8) is 0 Å². The SMILES string of the molecule is C=C(c1cnc(Sc2cc(C)c(C(F)F)nn2)n1C)N(C)c1cccnc1. The van der Waals surface area contributed by atoms with Crippen LogP contribution in [0.15, 0.2) is 53.6 Å². The molecule has 6 nitrogen and oxygen atoms in total. The first-order valence-electron chi connectivity index (χ1n) is 8.03. The smallest absolute Gasteiger partial charge is 0.282 e. The number of aromatic nitrogens is 5. The van der Waals surface area contributed by atoms with Crippen LogP contribution in [0.25, 0.3) is 5.70 Å². The van der Waals surface area contributed by atoms with E-state index in [1.165, 1.54) is 11.8 Å². The molecule has 9 heteroatoms. The lowest BCUT2D eigenvalue weighted by molar-refractivity contribution is 0.143. The van der Waals surface area contributed by atoms with Crippen LogP contribution in [0.5, 0.6) is 0 Å². The second kappa shape index (κ2) is 7.83. The zero-order chi connectivity index (χ0) is 19.6. The fourth-order valence-electron chi connectivity index (χ4n) is 2.46. The van der Waals surface area contributed by atoms with E-state index in [0.717, 1.165) is 17.1 Å². The molecule has 3 aromatic rings. The Morgan fingerprint density at radius 2 is 2.07 bits per heavy atom. The molecule has 0 unspecified atom stereocenters. The minimum absolute atomic E-state index is 0.300. The Morgan fingerprint density at radius 3 is 2.70 bits per heavy atom. The molecular weight excluding hydrogens is 370 g/mol. The van der Waals surface area contributed by atoms with Crippen LogP contribution in [0.3, 0.4) is 0 Å². The number of aryl methyl sites for hydroxylation is 1. The summed E-state index contributed by atoms with van der Waals surface area (Å²) < 4.78 is 27.5. The maximum atomic E-state index is 12.8. The highest BCUT2D eigenvalue weighted by Crippen LogP contribution is 2.30. The maximum absolute atomic E-state index is 12.8. The molecule has 0 aromatic carbocycles. The van der Waals surface area contributed by atoms with Crippen molar-refractivity contribution in [3.05, 3.63) is 60.3 Å². The fraction of sp³-hybridized carbons (Fsp3) is 0.222. The van der Waals surface area contributed by atoms with Gasteiger partial charge in [0.15, 0.2) is 5.16 Å². The number of anilines is 1. The summed E-state index contributed by atoms with van der Waals surface area (Å²) in [5.74, 6) is 0. The van der Waals surface area contributed by atoms with Crippen molar-refractivity contribution in [2.45, 2.75) is 23.5 Å². The standard InChI is InChI=1S/C18H18F2N6S/c1-11-8-15(23-24-16(11)17(19)20)27-18-22-10-14(26(18)4)12(2)25(3)13-6-5-7-21-9-13/h5-10,17H,2H2,1,3-4H3. The predicted octanol–water partition coefficient (Wildman–Crippen LogP) is 4.11. The quantitative estimate of drug-likeness (QED) is 0.633. The van der Waals surface area contributed by atoms with Gasteiger partial charge in [0.25, 0.3) is 6.43 Å². The molecule has 0 saturated carbocycles. The molecule has 0 amide bonds. The van der Waals surface area contributed by atoms with E-state index in [9.17, 15) is 8.78 Å². The number of hydrogen-bond donors (Lipinski definition) is 0. The molecule has 0 saturated heterocycles. The molecule has 3 aromatic heterocycles. The summed E-state index contributed by atoms with van der Waals surface area (Å²) in [6, 6.07) is 5.38. The lowest BCUT2D eigenvalue weighted by Crippen LogP contribution is -2.16. The van der Waals surface area contributed by atoms with Crippen LogP contribution in [-0.2, 0) is 7.05 Å². The largest absolute Gasteiger partial charge is 0.342 e. The van der Waals surface area contributed by atoms with Crippen molar-refractivity contribution in [1.29, 1.82) is 0 Å². The number of halogens is 2. The van der Waals surface area contributed by atoms with E-state index in [1.54, 1.807) is 31.6 Å². The van der Waals surface area contributed by atoms with E-state index >= 15 is 0 Å². The number of pyridine rings is 1. The predicted molar refractivity (Wildman–Crippen MR) is 101 cm³/mol. The van der Waals surface area contributed by atoms with Crippen molar-refractivity contribution in [3.8, 4) is 0 Å². The molecular formula is C18H18F2N6S. The topological polar surface area (TPSA) is 59.7 Å². The molecule has 3 rings (SSSR count). The van der Waals surface area contributed by atoms with Crippen molar-refractivity contribution in [2.24, 2.45) is 7.05 Å². The Balaban J connectivity index is 1.81. The van der Waals surface area contributed by atoms with E-state index in [-0.39, 0.29) is 5.69 Å². The Labute approximate surface area is 160 Å². The number of hydrogen-bond acceptors (Lipinski definition) is 6. The Kier molecular flexibility index (Phi) is 5.50. The summed E-state index contributed by atoms with van der Waals surface area (Å²) in [7, 11) is 3.76. The van der Waals surface area contributed by atoms with Crippen LogP contribution in [0, 0.1) is 6.92 Å². The summed E-state index contributed by atoms with van der Waals surface area (Å²) >= 11 is 1.26. The molecule has 0 atom stereocenters.